The molecule has 0 aromatic heterocycles. The molecule has 0 spiro atoms. The molecule has 0 radical (unpaired) electrons. The lowest BCUT2D eigenvalue weighted by Crippen LogP contribution is -2.42. The van der Waals surface area contributed by atoms with Crippen molar-refractivity contribution in [3.63, 3.8) is 0 Å². The highest BCUT2D eigenvalue weighted by molar-refractivity contribution is 5.79. The number of hydrogen-bond donors (Lipinski definition) is 2. The minimum Gasteiger partial charge on any atom is -0.356 e. The van der Waals surface area contributed by atoms with Crippen LogP contribution in [0.15, 0.2) is 4.99 Å². The summed E-state index contributed by atoms with van der Waals surface area (Å²) in [4.78, 5) is 6.78. The van der Waals surface area contributed by atoms with Crippen LogP contribution in [0.2, 0.25) is 0 Å². The summed E-state index contributed by atoms with van der Waals surface area (Å²) in [6.45, 7) is 15.7. The van der Waals surface area contributed by atoms with E-state index in [9.17, 15) is 0 Å². The van der Waals surface area contributed by atoms with Crippen molar-refractivity contribution >= 4 is 5.96 Å². The normalized spacial score (nSPS) is 13.8. The first-order chi connectivity index (χ1) is 10.0. The number of unbranched alkanes of at least 4 members (excludes halogenated alkanes) is 1. The Morgan fingerprint density at radius 3 is 2.24 bits per heavy atom. The summed E-state index contributed by atoms with van der Waals surface area (Å²) >= 11 is 0. The van der Waals surface area contributed by atoms with Crippen LogP contribution >= 0.6 is 0 Å². The van der Waals surface area contributed by atoms with Gasteiger partial charge in [-0.15, -0.1) is 0 Å². The maximum atomic E-state index is 4.30. The number of nitrogens with one attached hydrogen (secondary N) is 2. The lowest BCUT2D eigenvalue weighted by molar-refractivity contribution is 0.297. The van der Waals surface area contributed by atoms with Crippen molar-refractivity contribution in [2.75, 3.05) is 33.2 Å². The van der Waals surface area contributed by atoms with Crippen molar-refractivity contribution in [2.24, 2.45) is 10.9 Å². The fraction of sp³-hybridized carbons (Fsp3) is 0.941. The second kappa shape index (κ2) is 12.9. The van der Waals surface area contributed by atoms with E-state index in [1.54, 1.807) is 0 Å². The largest absolute Gasteiger partial charge is 0.356 e. The van der Waals surface area contributed by atoms with Crippen molar-refractivity contribution < 1.29 is 0 Å². The van der Waals surface area contributed by atoms with Gasteiger partial charge in [0.1, 0.15) is 0 Å². The summed E-state index contributed by atoms with van der Waals surface area (Å²) in [5.41, 5.74) is 0. The predicted molar refractivity (Wildman–Crippen MR) is 95.1 cm³/mol. The summed E-state index contributed by atoms with van der Waals surface area (Å²) in [7, 11) is 1.85. The van der Waals surface area contributed by atoms with Gasteiger partial charge < -0.3 is 15.5 Å². The molecule has 0 saturated heterocycles. The van der Waals surface area contributed by atoms with E-state index < -0.39 is 0 Å². The predicted octanol–water partition coefficient (Wildman–Crippen LogP) is 3.10. The third-order valence-electron chi connectivity index (χ3n) is 3.87. The first-order valence-corrected chi connectivity index (χ1v) is 8.72. The summed E-state index contributed by atoms with van der Waals surface area (Å²) in [5.74, 6) is 1.71. The van der Waals surface area contributed by atoms with Crippen LogP contribution < -0.4 is 10.6 Å². The van der Waals surface area contributed by atoms with Crippen LogP contribution in [0.25, 0.3) is 0 Å². The number of nitrogens with zero attached hydrogens (tertiary/aromatic N) is 2. The zero-order chi connectivity index (χ0) is 16.1. The van der Waals surface area contributed by atoms with Gasteiger partial charge in [-0.25, -0.2) is 0 Å². The number of rotatable bonds is 11. The lowest BCUT2D eigenvalue weighted by Gasteiger charge is -2.20. The van der Waals surface area contributed by atoms with Crippen LogP contribution in [0.4, 0.5) is 0 Å². The molecule has 1 unspecified atom stereocenters. The molecule has 0 aliphatic carbocycles. The first-order valence-electron chi connectivity index (χ1n) is 8.72. The van der Waals surface area contributed by atoms with E-state index in [-0.39, 0.29) is 0 Å². The minimum atomic E-state index is 0.481. The SMILES string of the molecule is CCN(CC)CCCCNC(=NC)NC(C)CCC(C)C. The Morgan fingerprint density at radius 2 is 1.71 bits per heavy atom. The standard InChI is InChI=1S/C17H38N4/c1-7-21(8-2)14-10-9-13-19-17(18-6)20-16(5)12-11-15(3)4/h15-16H,7-14H2,1-6H3,(H2,18,19,20). The van der Waals surface area contributed by atoms with Gasteiger partial charge >= 0.3 is 0 Å². The molecule has 0 rings (SSSR count). The van der Waals surface area contributed by atoms with Gasteiger partial charge in [-0.2, -0.15) is 0 Å². The Balaban J connectivity index is 3.75. The Labute approximate surface area is 132 Å². The topological polar surface area (TPSA) is 39.7 Å². The Bertz CT molecular complexity index is 260. The second-order valence-corrected chi connectivity index (χ2v) is 6.25. The average molecular weight is 299 g/mol. The molecular formula is C17H38N4. The third-order valence-corrected chi connectivity index (χ3v) is 3.87. The molecule has 0 fully saturated rings. The molecule has 0 bridgehead atoms. The van der Waals surface area contributed by atoms with E-state index in [0.717, 1.165) is 31.5 Å². The van der Waals surface area contributed by atoms with E-state index in [2.05, 4.69) is 55.1 Å². The van der Waals surface area contributed by atoms with E-state index in [4.69, 9.17) is 0 Å². The summed E-state index contributed by atoms with van der Waals surface area (Å²) < 4.78 is 0. The van der Waals surface area contributed by atoms with E-state index in [1.807, 2.05) is 7.05 Å². The van der Waals surface area contributed by atoms with Crippen LogP contribution in [-0.2, 0) is 0 Å². The van der Waals surface area contributed by atoms with Crippen LogP contribution in [-0.4, -0.2) is 50.1 Å². The van der Waals surface area contributed by atoms with Crippen LogP contribution in [0, 0.1) is 5.92 Å². The number of hydrogen-bond acceptors (Lipinski definition) is 2. The zero-order valence-corrected chi connectivity index (χ0v) is 15.2. The van der Waals surface area contributed by atoms with E-state index >= 15 is 0 Å². The van der Waals surface area contributed by atoms with E-state index in [1.165, 1.54) is 32.2 Å². The van der Waals surface area contributed by atoms with Gasteiger partial charge in [0, 0.05) is 19.6 Å². The molecule has 4 heteroatoms. The van der Waals surface area contributed by atoms with Gasteiger partial charge in [0.2, 0.25) is 0 Å². The van der Waals surface area contributed by atoms with Gasteiger partial charge in [0.05, 0.1) is 0 Å². The van der Waals surface area contributed by atoms with Crippen molar-refractivity contribution in [3.05, 3.63) is 0 Å². The summed E-state index contributed by atoms with van der Waals surface area (Å²) in [6.07, 6.45) is 4.89. The smallest absolute Gasteiger partial charge is 0.191 e. The molecule has 0 heterocycles. The first kappa shape index (κ1) is 20.2. The molecular weight excluding hydrogens is 260 g/mol. The third kappa shape index (κ3) is 11.6. The Morgan fingerprint density at radius 1 is 1.05 bits per heavy atom. The van der Waals surface area contributed by atoms with Crippen molar-refractivity contribution in [2.45, 2.75) is 66.3 Å². The van der Waals surface area contributed by atoms with Crippen molar-refractivity contribution in [1.29, 1.82) is 0 Å². The molecule has 126 valence electrons. The van der Waals surface area contributed by atoms with Gasteiger partial charge in [0.15, 0.2) is 5.96 Å². The van der Waals surface area contributed by atoms with Crippen molar-refractivity contribution in [3.8, 4) is 0 Å². The quantitative estimate of drug-likeness (QED) is 0.350. The van der Waals surface area contributed by atoms with Gasteiger partial charge in [-0.05, 0) is 58.2 Å². The van der Waals surface area contributed by atoms with Crippen LogP contribution in [0.3, 0.4) is 0 Å². The fourth-order valence-electron chi connectivity index (χ4n) is 2.29. The monoisotopic (exact) mass is 298 g/mol. The summed E-state index contributed by atoms with van der Waals surface area (Å²) in [6, 6.07) is 0.481. The molecule has 1 atom stereocenters. The maximum absolute atomic E-state index is 4.30. The number of guanidine groups is 1. The molecule has 0 aromatic carbocycles. The highest BCUT2D eigenvalue weighted by atomic mass is 15.2. The van der Waals surface area contributed by atoms with Gasteiger partial charge in [-0.3, -0.25) is 4.99 Å². The Hall–Kier alpha value is -0.770. The fourth-order valence-corrected chi connectivity index (χ4v) is 2.29. The molecule has 0 aliphatic rings. The molecule has 0 saturated carbocycles. The number of aliphatic imine (C=N–C) groups is 1. The van der Waals surface area contributed by atoms with Crippen LogP contribution in [0.5, 0.6) is 0 Å². The van der Waals surface area contributed by atoms with Gasteiger partial charge in [0.25, 0.3) is 0 Å². The van der Waals surface area contributed by atoms with Crippen molar-refractivity contribution in [1.82, 2.24) is 15.5 Å². The van der Waals surface area contributed by atoms with Crippen LogP contribution in [0.1, 0.15) is 60.3 Å². The molecule has 21 heavy (non-hydrogen) atoms. The summed E-state index contributed by atoms with van der Waals surface area (Å²) in [5, 5.41) is 6.89. The molecule has 0 aliphatic heterocycles. The van der Waals surface area contributed by atoms with Gasteiger partial charge in [-0.1, -0.05) is 27.7 Å². The Kier molecular flexibility index (Phi) is 12.5. The minimum absolute atomic E-state index is 0.481. The highest BCUT2D eigenvalue weighted by Crippen LogP contribution is 2.06. The highest BCUT2D eigenvalue weighted by Gasteiger charge is 2.06. The molecule has 4 nitrogen and oxygen atoms in total. The zero-order valence-electron chi connectivity index (χ0n) is 15.2. The molecule has 0 amide bonds. The maximum Gasteiger partial charge on any atom is 0.191 e. The lowest BCUT2D eigenvalue weighted by atomic mass is 10.0. The average Bonchev–Trinajstić information content (AvgIpc) is 2.47. The molecule has 2 N–H and O–H groups in total. The van der Waals surface area contributed by atoms with E-state index in [0.29, 0.717) is 6.04 Å². The molecule has 0 aromatic rings. The second-order valence-electron chi connectivity index (χ2n) is 6.25.